The molecule has 256 valence electrons. The van der Waals surface area contributed by atoms with E-state index in [4.69, 9.17) is 19.6 Å². The number of hydrogen-bond donors (Lipinski definition) is 1. The lowest BCUT2D eigenvalue weighted by Crippen LogP contribution is -2.35. The Bertz CT molecular complexity index is 1580. The number of anilines is 1. The van der Waals surface area contributed by atoms with Crippen LogP contribution < -0.4 is 4.90 Å². The number of thiazole rings is 1. The first-order valence-corrected chi connectivity index (χ1v) is 26.8. The van der Waals surface area contributed by atoms with Crippen LogP contribution in [0.5, 0.6) is 0 Å². The van der Waals surface area contributed by atoms with Crippen LogP contribution >= 0.6 is 11.3 Å². The highest BCUT2D eigenvalue weighted by atomic mass is 32.2. The van der Waals surface area contributed by atoms with Crippen molar-refractivity contribution in [3.8, 4) is 10.4 Å². The van der Waals surface area contributed by atoms with Crippen molar-refractivity contribution in [3.63, 3.8) is 0 Å². The molecule has 14 heteroatoms. The summed E-state index contributed by atoms with van der Waals surface area (Å²) in [5.41, 5.74) is 1.99. The van der Waals surface area contributed by atoms with Crippen molar-refractivity contribution in [2.45, 2.75) is 107 Å². The number of hydrogen-bond acceptors (Lipinski definition) is 10. The van der Waals surface area contributed by atoms with Crippen LogP contribution in [-0.2, 0) is 19.3 Å². The van der Waals surface area contributed by atoms with E-state index in [-0.39, 0.29) is 24.3 Å². The zero-order valence-electron chi connectivity index (χ0n) is 28.9. The number of sulfone groups is 1. The summed E-state index contributed by atoms with van der Waals surface area (Å²) >= 11 is 1.40. The highest BCUT2D eigenvalue weighted by Gasteiger charge is 2.39. The Balaban J connectivity index is 1.66. The van der Waals surface area contributed by atoms with E-state index in [2.05, 4.69) is 44.3 Å². The first kappa shape index (κ1) is 35.6. The third kappa shape index (κ3) is 8.66. The first-order chi connectivity index (χ1) is 21.5. The number of rotatable bonds is 15. The van der Waals surface area contributed by atoms with Gasteiger partial charge in [-0.3, -0.25) is 0 Å². The van der Waals surface area contributed by atoms with E-state index in [0.717, 1.165) is 35.4 Å². The molecule has 3 heterocycles. The largest absolute Gasteiger partial charge is 0.386 e. The van der Waals surface area contributed by atoms with Gasteiger partial charge in [-0.1, -0.05) is 52.1 Å². The van der Waals surface area contributed by atoms with Crippen molar-refractivity contribution in [1.82, 2.24) is 19.6 Å². The number of aliphatic hydroxyl groups excluding tert-OH is 1. The molecule has 4 atom stereocenters. The molecule has 3 aromatic rings. The molecule has 10 nitrogen and oxygen atoms in total. The lowest BCUT2D eigenvalue weighted by atomic mass is 9.79. The fraction of sp³-hybridized carbons (Fsp3) is 0.719. The molecule has 1 unspecified atom stereocenters. The highest BCUT2D eigenvalue weighted by molar-refractivity contribution is 7.91. The predicted molar refractivity (Wildman–Crippen MR) is 191 cm³/mol. The van der Waals surface area contributed by atoms with Gasteiger partial charge in [0.15, 0.2) is 21.3 Å². The van der Waals surface area contributed by atoms with E-state index in [0.29, 0.717) is 47.2 Å². The average Bonchev–Trinajstić information content (AvgIpc) is 3.67. The summed E-state index contributed by atoms with van der Waals surface area (Å²) in [6.45, 7) is 17.2. The third-order valence-electron chi connectivity index (χ3n) is 9.18. The summed E-state index contributed by atoms with van der Waals surface area (Å²) < 4.78 is 42.1. The summed E-state index contributed by atoms with van der Waals surface area (Å²) in [6.07, 6.45) is 9.59. The number of aliphatic hydroxyl groups is 1. The molecular formula is C32H53N5O5S2Si2. The Hall–Kier alpha value is -1.69. The molecule has 2 aliphatic carbocycles. The van der Waals surface area contributed by atoms with Gasteiger partial charge in [0.05, 0.1) is 22.3 Å². The first-order valence-electron chi connectivity index (χ1n) is 16.7. The Morgan fingerprint density at radius 3 is 2.09 bits per heavy atom. The van der Waals surface area contributed by atoms with E-state index in [1.807, 2.05) is 4.90 Å². The minimum atomic E-state index is -3.74. The number of ether oxygens (including phenoxy) is 2. The molecule has 2 saturated carbocycles. The minimum Gasteiger partial charge on any atom is -0.386 e. The Labute approximate surface area is 280 Å². The molecule has 0 saturated heterocycles. The molecule has 2 aliphatic rings. The van der Waals surface area contributed by atoms with Crippen molar-refractivity contribution in [3.05, 3.63) is 23.1 Å². The molecule has 0 radical (unpaired) electrons. The quantitative estimate of drug-likeness (QED) is 0.101. The molecule has 2 fully saturated rings. The number of aromatic nitrogens is 4. The van der Waals surface area contributed by atoms with Crippen molar-refractivity contribution < 1.29 is 23.0 Å². The summed E-state index contributed by atoms with van der Waals surface area (Å²) in [5, 5.41) is 15.6. The van der Waals surface area contributed by atoms with Crippen LogP contribution in [0.4, 0.5) is 5.82 Å². The second-order valence-corrected chi connectivity index (χ2v) is 30.2. The summed E-state index contributed by atoms with van der Waals surface area (Å²) in [4.78, 5) is 12.6. The van der Waals surface area contributed by atoms with E-state index >= 15 is 0 Å². The van der Waals surface area contributed by atoms with Crippen molar-refractivity contribution >= 4 is 48.8 Å². The van der Waals surface area contributed by atoms with Gasteiger partial charge in [0.25, 0.3) is 0 Å². The summed E-state index contributed by atoms with van der Waals surface area (Å²) in [5.74, 6) is 1.69. The summed E-state index contributed by atoms with van der Waals surface area (Å²) in [7, 11) is -6.42. The van der Waals surface area contributed by atoms with Gasteiger partial charge in [0.2, 0.25) is 0 Å². The maximum atomic E-state index is 13.9. The van der Waals surface area contributed by atoms with Crippen LogP contribution in [0.25, 0.3) is 16.1 Å². The fourth-order valence-electron chi connectivity index (χ4n) is 6.67. The standard InChI is InChI=1S/C32H53N5O5S2Si2/c1-22(38)31-33-19-27(43-31)26-18-34-37-30(26)35-28(25-16-23-9-10-24(15-23)17-25)29(44(2,39)40)32(37)36(20-41-11-13-45(3,4)5)21-42-12-14-46(6,7)8/h18-19,22-25,38H,9-17,20-21H2,1-8H3/t22?,23-,24+,25+. The maximum absolute atomic E-state index is 13.9. The third-order valence-corrected chi connectivity index (χ3v) is 14.9. The Morgan fingerprint density at radius 2 is 1.59 bits per heavy atom. The van der Waals surface area contributed by atoms with Gasteiger partial charge >= 0.3 is 0 Å². The maximum Gasteiger partial charge on any atom is 0.181 e. The van der Waals surface area contributed by atoms with Crippen molar-refractivity contribution in [2.24, 2.45) is 11.8 Å². The molecule has 2 bridgehead atoms. The fourth-order valence-corrected chi connectivity index (χ4v) is 10.2. The smallest absolute Gasteiger partial charge is 0.181 e. The predicted octanol–water partition coefficient (Wildman–Crippen LogP) is 7.03. The van der Waals surface area contributed by atoms with Gasteiger partial charge in [-0.25, -0.2) is 18.4 Å². The van der Waals surface area contributed by atoms with Crippen LogP contribution in [-0.4, -0.2) is 82.2 Å². The molecule has 1 N–H and O–H groups in total. The lowest BCUT2D eigenvalue weighted by Gasteiger charge is -2.32. The molecular weight excluding hydrogens is 655 g/mol. The zero-order valence-corrected chi connectivity index (χ0v) is 32.5. The second kappa shape index (κ2) is 14.0. The van der Waals surface area contributed by atoms with E-state index in [1.54, 1.807) is 23.8 Å². The Kier molecular flexibility index (Phi) is 10.9. The van der Waals surface area contributed by atoms with Crippen LogP contribution in [0, 0.1) is 11.8 Å². The molecule has 5 rings (SSSR count). The number of fused-ring (bicyclic) bond motifs is 3. The molecule has 0 aromatic carbocycles. The van der Waals surface area contributed by atoms with Crippen LogP contribution in [0.2, 0.25) is 51.4 Å². The van der Waals surface area contributed by atoms with Gasteiger partial charge < -0.3 is 19.5 Å². The van der Waals surface area contributed by atoms with Gasteiger partial charge in [-0.15, -0.1) is 11.3 Å². The number of nitrogens with zero attached hydrogens (tertiary/aromatic N) is 5. The van der Waals surface area contributed by atoms with Gasteiger partial charge in [0, 0.05) is 47.7 Å². The van der Waals surface area contributed by atoms with E-state index in [1.165, 1.54) is 36.9 Å². The lowest BCUT2D eigenvalue weighted by molar-refractivity contribution is 0.0937. The normalized spacial score (nSPS) is 21.3. The highest BCUT2D eigenvalue weighted by Crippen LogP contribution is 2.50. The van der Waals surface area contributed by atoms with Gasteiger partial charge in [-0.05, 0) is 50.1 Å². The molecule has 0 spiro atoms. The zero-order chi connectivity index (χ0) is 33.4. The van der Waals surface area contributed by atoms with E-state index < -0.39 is 32.1 Å². The molecule has 0 amide bonds. The molecule has 3 aromatic heterocycles. The van der Waals surface area contributed by atoms with Crippen LogP contribution in [0.15, 0.2) is 17.3 Å². The van der Waals surface area contributed by atoms with Gasteiger partial charge in [-0.2, -0.15) is 9.61 Å². The molecule has 46 heavy (non-hydrogen) atoms. The van der Waals surface area contributed by atoms with Crippen molar-refractivity contribution in [1.29, 1.82) is 0 Å². The average molecular weight is 708 g/mol. The topological polar surface area (TPSA) is 119 Å². The van der Waals surface area contributed by atoms with E-state index in [9.17, 15) is 13.5 Å². The summed E-state index contributed by atoms with van der Waals surface area (Å²) in [6, 6.07) is 2.00. The second-order valence-electron chi connectivity index (χ2n) is 15.9. The monoisotopic (exact) mass is 707 g/mol. The SMILES string of the molecule is CC(O)c1ncc(-c2cnn3c(N(COCC[Si](C)(C)C)COCC[Si](C)(C)C)c(S(C)(=O)=O)c([C@H]4C[C@@H]5CC[C@@H](C5)C4)nc23)s1. The van der Waals surface area contributed by atoms with Gasteiger partial charge in [0.1, 0.15) is 29.5 Å². The van der Waals surface area contributed by atoms with Crippen molar-refractivity contribution in [2.75, 3.05) is 37.8 Å². The van der Waals surface area contributed by atoms with Crippen LogP contribution in [0.3, 0.4) is 0 Å². The Morgan fingerprint density at radius 1 is 1.00 bits per heavy atom. The van der Waals surface area contributed by atoms with Crippen LogP contribution in [0.1, 0.15) is 61.8 Å². The molecule has 0 aliphatic heterocycles. The minimum absolute atomic E-state index is 0.0411.